The summed E-state index contributed by atoms with van der Waals surface area (Å²) in [5.74, 6) is 4.15. The first-order valence-electron chi connectivity index (χ1n) is 7.12. The summed E-state index contributed by atoms with van der Waals surface area (Å²) in [6.45, 7) is 5.86. The van der Waals surface area contributed by atoms with Crippen molar-refractivity contribution in [2.45, 2.75) is 26.2 Å². The molecule has 0 radical (unpaired) electrons. The van der Waals surface area contributed by atoms with Crippen LogP contribution < -0.4 is 4.90 Å². The van der Waals surface area contributed by atoms with Crippen LogP contribution in [0.3, 0.4) is 0 Å². The van der Waals surface area contributed by atoms with E-state index in [2.05, 4.69) is 43.4 Å². The monoisotopic (exact) mass is 300 g/mol. The first kappa shape index (κ1) is 12.7. The highest BCUT2D eigenvalue weighted by molar-refractivity contribution is 7.16. The number of aromatic nitrogens is 5. The van der Waals surface area contributed by atoms with E-state index < -0.39 is 0 Å². The molecule has 1 aliphatic heterocycles. The van der Waals surface area contributed by atoms with Gasteiger partial charge in [-0.25, -0.2) is 15.0 Å². The number of H-pyrrole nitrogens is 1. The highest BCUT2D eigenvalue weighted by Gasteiger charge is 2.33. The second-order valence-corrected chi connectivity index (χ2v) is 6.23. The maximum Gasteiger partial charge on any atom is 0.157 e. The Labute approximate surface area is 126 Å². The summed E-state index contributed by atoms with van der Waals surface area (Å²) in [7, 11) is 0. The Hall–Kier alpha value is -2.02. The summed E-state index contributed by atoms with van der Waals surface area (Å²) in [6.07, 6.45) is 0.859. The predicted molar refractivity (Wildman–Crippen MR) is 82.9 cm³/mol. The highest BCUT2D eigenvalue weighted by atomic mass is 32.1. The number of hydrogen-bond acceptors (Lipinski definition) is 6. The molecule has 1 fully saturated rings. The van der Waals surface area contributed by atoms with E-state index in [4.69, 9.17) is 4.98 Å². The van der Waals surface area contributed by atoms with E-state index in [1.807, 2.05) is 6.92 Å². The number of nitrogens with zero attached hydrogens (tertiary/aromatic N) is 5. The van der Waals surface area contributed by atoms with E-state index >= 15 is 0 Å². The molecule has 4 rings (SSSR count). The lowest BCUT2D eigenvalue weighted by atomic mass is 9.99. The van der Waals surface area contributed by atoms with Crippen LogP contribution >= 0.6 is 11.3 Å². The number of anilines is 1. The van der Waals surface area contributed by atoms with Crippen molar-refractivity contribution in [3.63, 3.8) is 0 Å². The third-order valence-corrected chi connectivity index (χ3v) is 4.63. The SMILES string of the molecule is CCc1nc(N2CC(c3n[nH]c(C)n3)C2)c2ccsc2n1. The molecule has 0 atom stereocenters. The van der Waals surface area contributed by atoms with E-state index in [0.717, 1.165) is 53.0 Å². The van der Waals surface area contributed by atoms with Gasteiger partial charge in [0.25, 0.3) is 0 Å². The molecule has 0 amide bonds. The molecule has 4 heterocycles. The van der Waals surface area contributed by atoms with Crippen LogP contribution in [-0.4, -0.2) is 38.2 Å². The van der Waals surface area contributed by atoms with Gasteiger partial charge in [-0.3, -0.25) is 5.10 Å². The Morgan fingerprint density at radius 2 is 2.19 bits per heavy atom. The van der Waals surface area contributed by atoms with Gasteiger partial charge in [0.1, 0.15) is 22.3 Å². The maximum atomic E-state index is 4.72. The molecule has 0 aromatic carbocycles. The van der Waals surface area contributed by atoms with Gasteiger partial charge in [-0.15, -0.1) is 11.3 Å². The van der Waals surface area contributed by atoms with Gasteiger partial charge in [0.2, 0.25) is 0 Å². The molecular weight excluding hydrogens is 284 g/mol. The van der Waals surface area contributed by atoms with Crippen molar-refractivity contribution in [2.75, 3.05) is 18.0 Å². The number of nitrogens with one attached hydrogen (secondary N) is 1. The number of hydrogen-bond donors (Lipinski definition) is 1. The van der Waals surface area contributed by atoms with Gasteiger partial charge in [0, 0.05) is 19.5 Å². The van der Waals surface area contributed by atoms with Gasteiger partial charge in [-0.2, -0.15) is 5.10 Å². The van der Waals surface area contributed by atoms with Gasteiger partial charge in [0.15, 0.2) is 5.82 Å². The zero-order valence-electron chi connectivity index (χ0n) is 12.0. The van der Waals surface area contributed by atoms with Gasteiger partial charge in [-0.1, -0.05) is 6.92 Å². The Balaban J connectivity index is 1.62. The summed E-state index contributed by atoms with van der Waals surface area (Å²) in [5.41, 5.74) is 0. The van der Waals surface area contributed by atoms with Crippen molar-refractivity contribution in [3.8, 4) is 0 Å². The number of thiophene rings is 1. The Kier molecular flexibility index (Phi) is 2.88. The second kappa shape index (κ2) is 4.77. The topological polar surface area (TPSA) is 70.6 Å². The molecule has 0 saturated carbocycles. The molecular formula is C14H16N6S. The van der Waals surface area contributed by atoms with Gasteiger partial charge in [-0.05, 0) is 18.4 Å². The molecule has 3 aromatic rings. The van der Waals surface area contributed by atoms with Crippen molar-refractivity contribution >= 4 is 27.4 Å². The van der Waals surface area contributed by atoms with E-state index in [0.29, 0.717) is 5.92 Å². The van der Waals surface area contributed by atoms with Crippen molar-refractivity contribution in [1.29, 1.82) is 0 Å². The predicted octanol–water partition coefficient (Wildman–Crippen LogP) is 2.28. The smallest absolute Gasteiger partial charge is 0.157 e. The van der Waals surface area contributed by atoms with Crippen LogP contribution in [0.15, 0.2) is 11.4 Å². The molecule has 0 aliphatic carbocycles. The normalized spacial score (nSPS) is 15.6. The van der Waals surface area contributed by atoms with E-state index in [-0.39, 0.29) is 0 Å². The largest absolute Gasteiger partial charge is 0.354 e. The molecule has 6 nitrogen and oxygen atoms in total. The molecule has 0 bridgehead atoms. The lowest BCUT2D eigenvalue weighted by Crippen LogP contribution is -2.46. The van der Waals surface area contributed by atoms with Crippen molar-refractivity contribution in [1.82, 2.24) is 25.1 Å². The highest BCUT2D eigenvalue weighted by Crippen LogP contribution is 2.34. The number of aromatic amines is 1. The van der Waals surface area contributed by atoms with Crippen molar-refractivity contribution in [3.05, 3.63) is 28.9 Å². The fraction of sp³-hybridized carbons (Fsp3) is 0.429. The van der Waals surface area contributed by atoms with E-state index in [1.54, 1.807) is 11.3 Å². The summed E-state index contributed by atoms with van der Waals surface area (Å²) in [5, 5.41) is 10.4. The molecule has 7 heteroatoms. The lowest BCUT2D eigenvalue weighted by Gasteiger charge is -2.39. The quantitative estimate of drug-likeness (QED) is 0.803. The van der Waals surface area contributed by atoms with Crippen LogP contribution in [0, 0.1) is 6.92 Å². The van der Waals surface area contributed by atoms with Crippen molar-refractivity contribution < 1.29 is 0 Å². The Morgan fingerprint density at radius 3 is 2.90 bits per heavy atom. The molecule has 21 heavy (non-hydrogen) atoms. The van der Waals surface area contributed by atoms with Crippen LogP contribution in [0.4, 0.5) is 5.82 Å². The van der Waals surface area contributed by atoms with Crippen LogP contribution in [0.25, 0.3) is 10.2 Å². The summed E-state index contributed by atoms with van der Waals surface area (Å²) in [4.78, 5) is 17.1. The molecule has 3 aromatic heterocycles. The average Bonchev–Trinajstić information content (AvgIpc) is 3.05. The van der Waals surface area contributed by atoms with E-state index in [9.17, 15) is 0 Å². The fourth-order valence-corrected chi connectivity index (χ4v) is 3.42. The maximum absolute atomic E-state index is 4.72. The minimum Gasteiger partial charge on any atom is -0.354 e. The lowest BCUT2D eigenvalue weighted by molar-refractivity contribution is 0.498. The average molecular weight is 300 g/mol. The van der Waals surface area contributed by atoms with Crippen LogP contribution in [-0.2, 0) is 6.42 Å². The van der Waals surface area contributed by atoms with Gasteiger partial charge in [0.05, 0.1) is 11.3 Å². The molecule has 0 spiro atoms. The minimum absolute atomic E-state index is 0.392. The molecule has 1 N–H and O–H groups in total. The zero-order chi connectivity index (χ0) is 14.4. The standard InChI is InChI=1S/C14H16N6S/c1-3-11-16-13(10-4-5-21-14(10)17-11)20-6-9(7-20)12-15-8(2)18-19-12/h4-5,9H,3,6-7H2,1-2H3,(H,15,18,19). The summed E-state index contributed by atoms with van der Waals surface area (Å²) in [6, 6.07) is 2.11. The Morgan fingerprint density at radius 1 is 1.33 bits per heavy atom. The zero-order valence-corrected chi connectivity index (χ0v) is 12.8. The molecule has 1 aliphatic rings. The molecule has 1 saturated heterocycles. The minimum atomic E-state index is 0.392. The third-order valence-electron chi connectivity index (χ3n) is 3.83. The van der Waals surface area contributed by atoms with Crippen LogP contribution in [0.2, 0.25) is 0 Å². The second-order valence-electron chi connectivity index (χ2n) is 5.34. The first-order valence-corrected chi connectivity index (χ1v) is 8.00. The molecule has 0 unspecified atom stereocenters. The number of fused-ring (bicyclic) bond motifs is 1. The van der Waals surface area contributed by atoms with E-state index in [1.165, 1.54) is 0 Å². The fourth-order valence-electron chi connectivity index (χ4n) is 2.64. The first-order chi connectivity index (χ1) is 10.2. The van der Waals surface area contributed by atoms with Gasteiger partial charge >= 0.3 is 0 Å². The van der Waals surface area contributed by atoms with Crippen molar-refractivity contribution in [2.24, 2.45) is 0 Å². The molecule has 108 valence electrons. The number of rotatable bonds is 3. The van der Waals surface area contributed by atoms with Crippen LogP contribution in [0.5, 0.6) is 0 Å². The third kappa shape index (κ3) is 2.08. The van der Waals surface area contributed by atoms with Gasteiger partial charge < -0.3 is 4.90 Å². The Bertz CT molecular complexity index is 786. The number of aryl methyl sites for hydroxylation is 2. The summed E-state index contributed by atoms with van der Waals surface area (Å²) < 4.78 is 0. The van der Waals surface area contributed by atoms with Crippen LogP contribution in [0.1, 0.15) is 30.3 Å². The summed E-state index contributed by atoms with van der Waals surface area (Å²) >= 11 is 1.68.